The summed E-state index contributed by atoms with van der Waals surface area (Å²) in [5.74, 6) is -1.18. The van der Waals surface area contributed by atoms with Crippen LogP contribution in [0.4, 0.5) is 4.39 Å². The zero-order valence-corrected chi connectivity index (χ0v) is 10.3. The molecular weight excluding hydrogens is 235 g/mol. The van der Waals surface area contributed by atoms with Gasteiger partial charge in [-0.15, -0.1) is 0 Å². The second-order valence-electron chi connectivity index (χ2n) is 5.08. The minimum absolute atomic E-state index is 0.0236. The monoisotopic (exact) mass is 252 g/mol. The predicted octanol–water partition coefficient (Wildman–Crippen LogP) is 1.26. The van der Waals surface area contributed by atoms with Crippen LogP contribution in [-0.2, 0) is 0 Å². The van der Waals surface area contributed by atoms with Crippen molar-refractivity contribution in [2.45, 2.75) is 13.3 Å². The number of rotatable bonds is 3. The molecule has 0 spiro atoms. The highest BCUT2D eigenvalue weighted by atomic mass is 19.1. The lowest BCUT2D eigenvalue weighted by Crippen LogP contribution is -2.37. The van der Waals surface area contributed by atoms with Crippen molar-refractivity contribution in [1.29, 1.82) is 0 Å². The normalized spacial score (nSPS) is 23.0. The first-order valence-electron chi connectivity index (χ1n) is 5.98. The fourth-order valence-corrected chi connectivity index (χ4v) is 2.10. The van der Waals surface area contributed by atoms with Crippen LogP contribution in [0.25, 0.3) is 0 Å². The van der Waals surface area contributed by atoms with Crippen LogP contribution >= 0.6 is 0 Å². The van der Waals surface area contributed by atoms with Crippen molar-refractivity contribution in [3.05, 3.63) is 29.6 Å². The molecule has 5 heteroatoms. The third kappa shape index (κ3) is 2.79. The molecule has 1 saturated heterocycles. The largest absolute Gasteiger partial charge is 0.507 e. The molecule has 4 nitrogen and oxygen atoms in total. The van der Waals surface area contributed by atoms with Crippen molar-refractivity contribution < 1.29 is 14.3 Å². The molecule has 0 aromatic heterocycles. The second kappa shape index (κ2) is 4.94. The number of carbonyl (C=O) groups is 1. The van der Waals surface area contributed by atoms with Gasteiger partial charge in [0.2, 0.25) is 0 Å². The van der Waals surface area contributed by atoms with Crippen molar-refractivity contribution in [2.24, 2.45) is 5.41 Å². The molecule has 1 heterocycles. The summed E-state index contributed by atoms with van der Waals surface area (Å²) in [6, 6.07) is 3.34. The standard InChI is InChI=1S/C13H17FN2O2/c1-13(4-5-15-7-13)8-16-12(18)10-6-9(14)2-3-11(10)17/h2-3,6,15,17H,4-5,7-8H2,1H3,(H,16,18). The summed E-state index contributed by atoms with van der Waals surface area (Å²) in [5, 5.41) is 15.5. The number of aromatic hydroxyl groups is 1. The number of hydrogen-bond acceptors (Lipinski definition) is 3. The highest BCUT2D eigenvalue weighted by molar-refractivity contribution is 5.96. The summed E-state index contributed by atoms with van der Waals surface area (Å²) < 4.78 is 13.0. The molecule has 1 aliphatic rings. The predicted molar refractivity (Wildman–Crippen MR) is 66.0 cm³/mol. The smallest absolute Gasteiger partial charge is 0.255 e. The molecule has 98 valence electrons. The van der Waals surface area contributed by atoms with E-state index in [9.17, 15) is 14.3 Å². The average molecular weight is 252 g/mol. The minimum Gasteiger partial charge on any atom is -0.507 e. The van der Waals surface area contributed by atoms with E-state index in [0.717, 1.165) is 31.6 Å². The number of nitrogens with one attached hydrogen (secondary N) is 2. The highest BCUT2D eigenvalue weighted by Crippen LogP contribution is 2.24. The van der Waals surface area contributed by atoms with E-state index in [0.29, 0.717) is 6.54 Å². The van der Waals surface area contributed by atoms with E-state index in [1.54, 1.807) is 0 Å². The van der Waals surface area contributed by atoms with Crippen LogP contribution in [0.5, 0.6) is 5.75 Å². The molecule has 0 saturated carbocycles. The van der Waals surface area contributed by atoms with Crippen LogP contribution in [0.3, 0.4) is 0 Å². The third-order valence-corrected chi connectivity index (χ3v) is 3.34. The lowest BCUT2D eigenvalue weighted by Gasteiger charge is -2.22. The van der Waals surface area contributed by atoms with Gasteiger partial charge in [0.25, 0.3) is 5.91 Å². The third-order valence-electron chi connectivity index (χ3n) is 3.34. The van der Waals surface area contributed by atoms with E-state index in [2.05, 4.69) is 17.6 Å². The first-order valence-corrected chi connectivity index (χ1v) is 5.98. The molecule has 1 atom stereocenters. The lowest BCUT2D eigenvalue weighted by atomic mass is 9.90. The Labute approximate surface area is 105 Å². The molecule has 1 aromatic carbocycles. The van der Waals surface area contributed by atoms with Gasteiger partial charge in [-0.3, -0.25) is 4.79 Å². The quantitative estimate of drug-likeness (QED) is 0.759. The summed E-state index contributed by atoms with van der Waals surface area (Å²) in [6.07, 6.45) is 0.989. The molecule has 1 aromatic rings. The number of phenolic OH excluding ortho intramolecular Hbond substituents is 1. The number of phenols is 1. The van der Waals surface area contributed by atoms with Crippen molar-refractivity contribution >= 4 is 5.91 Å². The Morgan fingerprint density at radius 2 is 2.39 bits per heavy atom. The Balaban J connectivity index is 2.01. The van der Waals surface area contributed by atoms with Crippen molar-refractivity contribution in [3.63, 3.8) is 0 Å². The van der Waals surface area contributed by atoms with E-state index >= 15 is 0 Å². The maximum Gasteiger partial charge on any atom is 0.255 e. The summed E-state index contributed by atoms with van der Waals surface area (Å²) in [6.45, 7) is 4.38. The van der Waals surface area contributed by atoms with Crippen LogP contribution in [0.1, 0.15) is 23.7 Å². The zero-order valence-electron chi connectivity index (χ0n) is 10.3. The van der Waals surface area contributed by atoms with Crippen LogP contribution < -0.4 is 10.6 Å². The fraction of sp³-hybridized carbons (Fsp3) is 0.462. The Bertz CT molecular complexity index is 456. The van der Waals surface area contributed by atoms with Crippen molar-refractivity contribution in [3.8, 4) is 5.75 Å². The van der Waals surface area contributed by atoms with E-state index in [1.807, 2.05) is 0 Å². The van der Waals surface area contributed by atoms with Gasteiger partial charge >= 0.3 is 0 Å². The molecule has 1 aliphatic heterocycles. The average Bonchev–Trinajstić information content (AvgIpc) is 2.77. The zero-order chi connectivity index (χ0) is 13.2. The molecule has 1 fully saturated rings. The van der Waals surface area contributed by atoms with E-state index < -0.39 is 11.7 Å². The fourth-order valence-electron chi connectivity index (χ4n) is 2.10. The minimum atomic E-state index is -0.535. The summed E-state index contributed by atoms with van der Waals surface area (Å²) in [7, 11) is 0. The molecule has 0 radical (unpaired) electrons. The lowest BCUT2D eigenvalue weighted by molar-refractivity contribution is 0.0933. The van der Waals surface area contributed by atoms with Gasteiger partial charge < -0.3 is 15.7 Å². The molecule has 0 aliphatic carbocycles. The van der Waals surface area contributed by atoms with Crippen molar-refractivity contribution in [2.75, 3.05) is 19.6 Å². The van der Waals surface area contributed by atoms with Gasteiger partial charge in [0.05, 0.1) is 5.56 Å². The maximum atomic E-state index is 13.0. The van der Waals surface area contributed by atoms with Gasteiger partial charge in [-0.25, -0.2) is 4.39 Å². The van der Waals surface area contributed by atoms with Gasteiger partial charge in [0, 0.05) is 13.1 Å². The second-order valence-corrected chi connectivity index (χ2v) is 5.08. The van der Waals surface area contributed by atoms with Gasteiger partial charge in [-0.05, 0) is 36.6 Å². The van der Waals surface area contributed by atoms with Gasteiger partial charge in [-0.2, -0.15) is 0 Å². The van der Waals surface area contributed by atoms with Gasteiger partial charge in [0.15, 0.2) is 0 Å². The molecule has 0 bridgehead atoms. The van der Waals surface area contributed by atoms with Crippen LogP contribution in [0, 0.1) is 11.2 Å². The Kier molecular flexibility index (Phi) is 3.52. The van der Waals surface area contributed by atoms with E-state index in [4.69, 9.17) is 0 Å². The van der Waals surface area contributed by atoms with E-state index in [1.165, 1.54) is 6.07 Å². The van der Waals surface area contributed by atoms with Crippen LogP contribution in [0.15, 0.2) is 18.2 Å². The Morgan fingerprint density at radius 1 is 1.61 bits per heavy atom. The highest BCUT2D eigenvalue weighted by Gasteiger charge is 2.29. The first kappa shape index (κ1) is 12.8. The summed E-state index contributed by atoms with van der Waals surface area (Å²) >= 11 is 0. The molecule has 1 amide bonds. The number of amides is 1. The Morgan fingerprint density at radius 3 is 3.06 bits per heavy atom. The number of carbonyl (C=O) groups excluding carboxylic acids is 1. The molecule has 1 unspecified atom stereocenters. The summed E-state index contributed by atoms with van der Waals surface area (Å²) in [5.41, 5.74) is 0.00283. The topological polar surface area (TPSA) is 61.4 Å². The maximum absolute atomic E-state index is 13.0. The van der Waals surface area contributed by atoms with Crippen molar-refractivity contribution in [1.82, 2.24) is 10.6 Å². The number of hydrogen-bond donors (Lipinski definition) is 3. The first-order chi connectivity index (χ1) is 8.50. The summed E-state index contributed by atoms with van der Waals surface area (Å²) in [4.78, 5) is 11.9. The molecule has 2 rings (SSSR count). The SMILES string of the molecule is CC1(CNC(=O)c2cc(F)ccc2O)CCNC1. The Hall–Kier alpha value is -1.62. The molecular formula is C13H17FN2O2. The molecule has 3 N–H and O–H groups in total. The van der Waals surface area contributed by atoms with Crippen LogP contribution in [0.2, 0.25) is 0 Å². The van der Waals surface area contributed by atoms with Gasteiger partial charge in [0.1, 0.15) is 11.6 Å². The number of halogens is 1. The van der Waals surface area contributed by atoms with E-state index in [-0.39, 0.29) is 16.7 Å². The van der Waals surface area contributed by atoms with Crippen LogP contribution in [-0.4, -0.2) is 30.6 Å². The molecule has 18 heavy (non-hydrogen) atoms. The number of benzene rings is 1. The van der Waals surface area contributed by atoms with Gasteiger partial charge in [-0.1, -0.05) is 6.92 Å².